The molecule has 1 heterocycles. The highest BCUT2D eigenvalue weighted by Gasteiger charge is 2.32. The molecule has 1 atom stereocenters. The van der Waals surface area contributed by atoms with Crippen molar-refractivity contribution in [2.45, 2.75) is 52.1 Å². The van der Waals surface area contributed by atoms with Crippen molar-refractivity contribution in [3.8, 4) is 12.3 Å². The van der Waals surface area contributed by atoms with E-state index in [1.54, 1.807) is 0 Å². The fraction of sp³-hybridized carbons (Fsp3) is 0.600. The van der Waals surface area contributed by atoms with E-state index < -0.39 is 0 Å². The Labute approximate surface area is 104 Å². The highest BCUT2D eigenvalue weighted by atomic mass is 15.0. The monoisotopic (exact) mass is 230 g/mol. The van der Waals surface area contributed by atoms with Crippen LogP contribution >= 0.6 is 0 Å². The van der Waals surface area contributed by atoms with Gasteiger partial charge in [0.2, 0.25) is 0 Å². The molecule has 0 aliphatic heterocycles. The van der Waals surface area contributed by atoms with Crippen LogP contribution in [0.1, 0.15) is 50.4 Å². The summed E-state index contributed by atoms with van der Waals surface area (Å²) in [7, 11) is 0. The molecule has 1 aromatic heterocycles. The normalized spacial score (nSPS) is 21.9. The summed E-state index contributed by atoms with van der Waals surface area (Å²) in [6, 6.07) is 2.38. The standard InChI is InChI=1S/C15H22N2/c1-4-5-6-8-17-9-7-12-13(16)10-15(2,3)11-14(12)17/h1,7,9,13H,5-6,8,10-11,16H2,2-3H3. The van der Waals surface area contributed by atoms with E-state index in [2.05, 4.69) is 36.6 Å². The molecule has 0 spiro atoms. The van der Waals surface area contributed by atoms with Gasteiger partial charge >= 0.3 is 0 Å². The Kier molecular flexibility index (Phi) is 3.31. The fourth-order valence-electron chi connectivity index (χ4n) is 2.86. The van der Waals surface area contributed by atoms with Crippen molar-refractivity contribution in [3.63, 3.8) is 0 Å². The second-order valence-electron chi connectivity index (χ2n) is 5.87. The maximum atomic E-state index is 6.24. The Morgan fingerprint density at radius 2 is 2.35 bits per heavy atom. The Hall–Kier alpha value is -1.20. The smallest absolute Gasteiger partial charge is 0.0318 e. The maximum absolute atomic E-state index is 6.24. The third kappa shape index (κ3) is 2.56. The number of terminal acetylenes is 1. The van der Waals surface area contributed by atoms with Gasteiger partial charge in [0.1, 0.15) is 0 Å². The van der Waals surface area contributed by atoms with Crippen LogP contribution in [0.5, 0.6) is 0 Å². The third-order valence-corrected chi connectivity index (χ3v) is 3.65. The Morgan fingerprint density at radius 3 is 3.06 bits per heavy atom. The largest absolute Gasteiger partial charge is 0.351 e. The minimum absolute atomic E-state index is 0.197. The minimum atomic E-state index is 0.197. The number of aryl methyl sites for hydroxylation is 1. The number of aromatic nitrogens is 1. The molecule has 2 N–H and O–H groups in total. The van der Waals surface area contributed by atoms with Gasteiger partial charge in [0.15, 0.2) is 0 Å². The van der Waals surface area contributed by atoms with Gasteiger partial charge in [-0.05, 0) is 36.3 Å². The zero-order valence-corrected chi connectivity index (χ0v) is 10.9. The predicted octanol–water partition coefficient (Wildman–Crippen LogP) is 2.87. The first kappa shape index (κ1) is 12.3. The Bertz CT molecular complexity index is 434. The van der Waals surface area contributed by atoms with E-state index in [0.29, 0.717) is 5.41 Å². The maximum Gasteiger partial charge on any atom is 0.0318 e. The molecule has 0 aromatic carbocycles. The van der Waals surface area contributed by atoms with Gasteiger partial charge in [-0.25, -0.2) is 0 Å². The summed E-state index contributed by atoms with van der Waals surface area (Å²) >= 11 is 0. The first-order valence-electron chi connectivity index (χ1n) is 6.40. The number of fused-ring (bicyclic) bond motifs is 1. The van der Waals surface area contributed by atoms with E-state index in [0.717, 1.165) is 32.2 Å². The van der Waals surface area contributed by atoms with Crippen molar-refractivity contribution in [3.05, 3.63) is 23.5 Å². The van der Waals surface area contributed by atoms with Gasteiger partial charge in [-0.2, -0.15) is 0 Å². The van der Waals surface area contributed by atoms with Crippen molar-refractivity contribution in [2.75, 3.05) is 0 Å². The van der Waals surface area contributed by atoms with Gasteiger partial charge in [0, 0.05) is 30.9 Å². The lowest BCUT2D eigenvalue weighted by Crippen LogP contribution is -2.30. The molecule has 0 saturated heterocycles. The molecule has 0 radical (unpaired) electrons. The van der Waals surface area contributed by atoms with E-state index in [1.165, 1.54) is 11.3 Å². The van der Waals surface area contributed by atoms with Crippen LogP contribution in [0.3, 0.4) is 0 Å². The molecule has 1 unspecified atom stereocenters. The van der Waals surface area contributed by atoms with E-state index in [4.69, 9.17) is 12.2 Å². The zero-order chi connectivity index (χ0) is 12.5. The number of hydrogen-bond donors (Lipinski definition) is 1. The summed E-state index contributed by atoms with van der Waals surface area (Å²) in [5, 5.41) is 0. The van der Waals surface area contributed by atoms with E-state index in [1.807, 2.05) is 0 Å². The second kappa shape index (κ2) is 4.58. The van der Waals surface area contributed by atoms with Crippen LogP contribution in [-0.4, -0.2) is 4.57 Å². The predicted molar refractivity (Wildman–Crippen MR) is 71.5 cm³/mol. The van der Waals surface area contributed by atoms with Gasteiger partial charge in [0.05, 0.1) is 0 Å². The molecule has 92 valence electrons. The highest BCUT2D eigenvalue weighted by molar-refractivity contribution is 5.30. The summed E-state index contributed by atoms with van der Waals surface area (Å²) in [6.45, 7) is 5.62. The summed E-state index contributed by atoms with van der Waals surface area (Å²) in [6.07, 6.45) is 11.6. The molecule has 0 fully saturated rings. The van der Waals surface area contributed by atoms with Crippen LogP contribution in [-0.2, 0) is 13.0 Å². The molecule has 17 heavy (non-hydrogen) atoms. The Morgan fingerprint density at radius 1 is 1.59 bits per heavy atom. The first-order chi connectivity index (χ1) is 8.03. The van der Waals surface area contributed by atoms with Crippen LogP contribution in [0.4, 0.5) is 0 Å². The lowest BCUT2D eigenvalue weighted by atomic mass is 9.74. The molecular weight excluding hydrogens is 208 g/mol. The number of hydrogen-bond acceptors (Lipinski definition) is 1. The average molecular weight is 230 g/mol. The van der Waals surface area contributed by atoms with Crippen molar-refractivity contribution < 1.29 is 0 Å². The second-order valence-corrected chi connectivity index (χ2v) is 5.87. The van der Waals surface area contributed by atoms with E-state index in [9.17, 15) is 0 Å². The Balaban J connectivity index is 2.19. The highest BCUT2D eigenvalue weighted by Crippen LogP contribution is 2.39. The summed E-state index contributed by atoms with van der Waals surface area (Å²) < 4.78 is 2.34. The quantitative estimate of drug-likeness (QED) is 0.628. The molecule has 2 heteroatoms. The SMILES string of the molecule is C#CCCCn1ccc2c1CC(C)(C)CC2N. The van der Waals surface area contributed by atoms with Crippen molar-refractivity contribution >= 4 is 0 Å². The van der Waals surface area contributed by atoms with Gasteiger partial charge in [-0.3, -0.25) is 0 Å². The van der Waals surface area contributed by atoms with E-state index >= 15 is 0 Å². The third-order valence-electron chi connectivity index (χ3n) is 3.65. The lowest BCUT2D eigenvalue weighted by molar-refractivity contribution is 0.275. The minimum Gasteiger partial charge on any atom is -0.351 e. The average Bonchev–Trinajstić information content (AvgIpc) is 2.60. The zero-order valence-electron chi connectivity index (χ0n) is 10.9. The molecule has 2 rings (SSSR count). The number of nitrogens with zero attached hydrogens (tertiary/aromatic N) is 1. The number of rotatable bonds is 3. The van der Waals surface area contributed by atoms with E-state index in [-0.39, 0.29) is 6.04 Å². The molecule has 0 amide bonds. The number of nitrogens with two attached hydrogens (primary N) is 1. The van der Waals surface area contributed by atoms with Crippen molar-refractivity contribution in [1.29, 1.82) is 0 Å². The van der Waals surface area contributed by atoms with Crippen LogP contribution in [0.25, 0.3) is 0 Å². The summed E-state index contributed by atoms with van der Waals surface area (Å²) in [5.74, 6) is 2.70. The number of unbranched alkanes of at least 4 members (excludes halogenated alkanes) is 1. The molecule has 0 bridgehead atoms. The molecule has 1 aliphatic rings. The van der Waals surface area contributed by atoms with Crippen LogP contribution < -0.4 is 5.73 Å². The first-order valence-corrected chi connectivity index (χ1v) is 6.40. The lowest BCUT2D eigenvalue weighted by Gasteiger charge is -2.34. The van der Waals surface area contributed by atoms with Gasteiger partial charge in [0.25, 0.3) is 0 Å². The fourth-order valence-corrected chi connectivity index (χ4v) is 2.86. The van der Waals surface area contributed by atoms with Gasteiger partial charge < -0.3 is 10.3 Å². The van der Waals surface area contributed by atoms with Crippen LogP contribution in [0.15, 0.2) is 12.3 Å². The molecule has 0 saturated carbocycles. The molecule has 1 aliphatic carbocycles. The topological polar surface area (TPSA) is 30.9 Å². The van der Waals surface area contributed by atoms with Gasteiger partial charge in [-0.15, -0.1) is 12.3 Å². The van der Waals surface area contributed by atoms with Crippen molar-refractivity contribution in [1.82, 2.24) is 4.57 Å². The molecule has 1 aromatic rings. The van der Waals surface area contributed by atoms with Crippen LogP contribution in [0, 0.1) is 17.8 Å². The summed E-state index contributed by atoms with van der Waals surface area (Å²) in [4.78, 5) is 0. The van der Waals surface area contributed by atoms with Crippen LogP contribution in [0.2, 0.25) is 0 Å². The van der Waals surface area contributed by atoms with Crippen molar-refractivity contribution in [2.24, 2.45) is 11.1 Å². The van der Waals surface area contributed by atoms with Gasteiger partial charge in [-0.1, -0.05) is 13.8 Å². The molecular formula is C15H22N2. The summed E-state index contributed by atoms with van der Waals surface area (Å²) in [5.41, 5.74) is 9.32. The molecule has 2 nitrogen and oxygen atoms in total.